The standard InChI is InChI=1S/C20H27N5O/c1-14(16-7-6-15-4-2-3-5-17(15)12-16)22-20(26)19-13-25(24-23-19)18-8-10-21-11-9-18/h6-7,12-14,18,21H,2-5,8-11H2,1H3,(H,22,26). The summed E-state index contributed by atoms with van der Waals surface area (Å²) >= 11 is 0. The fourth-order valence-corrected chi connectivity index (χ4v) is 4.01. The number of carbonyl (C=O) groups is 1. The quantitative estimate of drug-likeness (QED) is 0.886. The van der Waals surface area contributed by atoms with Crippen LogP contribution in [-0.2, 0) is 12.8 Å². The third kappa shape index (κ3) is 3.65. The Labute approximate surface area is 154 Å². The zero-order valence-corrected chi connectivity index (χ0v) is 15.4. The summed E-state index contributed by atoms with van der Waals surface area (Å²) in [6, 6.07) is 6.91. The van der Waals surface area contributed by atoms with Gasteiger partial charge >= 0.3 is 0 Å². The van der Waals surface area contributed by atoms with Gasteiger partial charge in [0.2, 0.25) is 0 Å². The van der Waals surface area contributed by atoms with Crippen molar-refractivity contribution < 1.29 is 4.79 Å². The van der Waals surface area contributed by atoms with Gasteiger partial charge in [-0.3, -0.25) is 4.79 Å². The van der Waals surface area contributed by atoms with Gasteiger partial charge < -0.3 is 10.6 Å². The first-order chi connectivity index (χ1) is 12.7. The van der Waals surface area contributed by atoms with Gasteiger partial charge in [0.05, 0.1) is 18.3 Å². The number of fused-ring (bicyclic) bond motifs is 1. The molecule has 1 saturated heterocycles. The molecular weight excluding hydrogens is 326 g/mol. The van der Waals surface area contributed by atoms with Gasteiger partial charge in [-0.1, -0.05) is 23.4 Å². The molecule has 1 fully saturated rings. The average molecular weight is 353 g/mol. The summed E-state index contributed by atoms with van der Waals surface area (Å²) in [5, 5.41) is 14.7. The number of carbonyl (C=O) groups excluding carboxylic acids is 1. The largest absolute Gasteiger partial charge is 0.344 e. The Morgan fingerprint density at radius 2 is 2.00 bits per heavy atom. The van der Waals surface area contributed by atoms with E-state index in [0.717, 1.165) is 37.9 Å². The van der Waals surface area contributed by atoms with Crippen LogP contribution in [0.5, 0.6) is 0 Å². The second kappa shape index (κ2) is 7.58. The third-order valence-electron chi connectivity index (χ3n) is 5.65. The molecule has 4 rings (SSSR count). The molecule has 1 atom stereocenters. The van der Waals surface area contributed by atoms with Crippen LogP contribution in [0.2, 0.25) is 0 Å². The van der Waals surface area contributed by atoms with Crippen LogP contribution in [-0.4, -0.2) is 34.0 Å². The molecule has 1 amide bonds. The zero-order chi connectivity index (χ0) is 17.9. The van der Waals surface area contributed by atoms with Crippen molar-refractivity contribution in [2.75, 3.05) is 13.1 Å². The van der Waals surface area contributed by atoms with Gasteiger partial charge in [-0.2, -0.15) is 0 Å². The molecule has 1 aromatic heterocycles. The van der Waals surface area contributed by atoms with E-state index in [1.165, 1.54) is 30.4 Å². The minimum atomic E-state index is -0.157. The van der Waals surface area contributed by atoms with Crippen molar-refractivity contribution in [1.29, 1.82) is 0 Å². The van der Waals surface area contributed by atoms with Gasteiger partial charge in [0, 0.05) is 0 Å². The Kier molecular flexibility index (Phi) is 5.02. The van der Waals surface area contributed by atoms with E-state index in [2.05, 4.69) is 39.1 Å². The van der Waals surface area contributed by atoms with Gasteiger partial charge in [-0.05, 0) is 75.2 Å². The first-order valence-corrected chi connectivity index (χ1v) is 9.76. The molecule has 138 valence electrons. The molecular formula is C20H27N5O. The molecule has 2 heterocycles. The average Bonchev–Trinajstić information content (AvgIpc) is 3.18. The van der Waals surface area contributed by atoms with Crippen molar-refractivity contribution >= 4 is 5.91 Å². The second-order valence-corrected chi connectivity index (χ2v) is 7.50. The third-order valence-corrected chi connectivity index (χ3v) is 5.65. The summed E-state index contributed by atoms with van der Waals surface area (Å²) in [4.78, 5) is 12.6. The van der Waals surface area contributed by atoms with Gasteiger partial charge in [0.25, 0.3) is 5.91 Å². The Bertz CT molecular complexity index is 778. The van der Waals surface area contributed by atoms with Gasteiger partial charge in [0.15, 0.2) is 5.69 Å². The minimum Gasteiger partial charge on any atom is -0.344 e. The van der Waals surface area contributed by atoms with Gasteiger partial charge in [-0.25, -0.2) is 4.68 Å². The second-order valence-electron chi connectivity index (χ2n) is 7.50. The number of rotatable bonds is 4. The smallest absolute Gasteiger partial charge is 0.273 e. The highest BCUT2D eigenvalue weighted by Crippen LogP contribution is 2.25. The number of hydrogen-bond acceptors (Lipinski definition) is 4. The molecule has 0 bridgehead atoms. The number of amides is 1. The summed E-state index contributed by atoms with van der Waals surface area (Å²) in [7, 11) is 0. The Hall–Kier alpha value is -2.21. The summed E-state index contributed by atoms with van der Waals surface area (Å²) in [5.74, 6) is -0.157. The lowest BCUT2D eigenvalue weighted by Gasteiger charge is -2.22. The number of nitrogens with zero attached hydrogens (tertiary/aromatic N) is 3. The number of nitrogens with one attached hydrogen (secondary N) is 2. The van der Waals surface area contributed by atoms with E-state index in [9.17, 15) is 4.79 Å². The van der Waals surface area contributed by atoms with E-state index in [-0.39, 0.29) is 11.9 Å². The number of aromatic nitrogens is 3. The van der Waals surface area contributed by atoms with Crippen molar-refractivity contribution in [3.8, 4) is 0 Å². The van der Waals surface area contributed by atoms with E-state index in [1.54, 1.807) is 6.20 Å². The monoisotopic (exact) mass is 353 g/mol. The maximum Gasteiger partial charge on any atom is 0.273 e. The van der Waals surface area contributed by atoms with Crippen molar-refractivity contribution in [1.82, 2.24) is 25.6 Å². The number of hydrogen-bond donors (Lipinski definition) is 2. The number of piperidine rings is 1. The lowest BCUT2D eigenvalue weighted by atomic mass is 9.89. The lowest BCUT2D eigenvalue weighted by Crippen LogP contribution is -2.29. The Morgan fingerprint density at radius 3 is 2.81 bits per heavy atom. The predicted octanol–water partition coefficient (Wildman–Crippen LogP) is 2.57. The van der Waals surface area contributed by atoms with Crippen LogP contribution in [0.25, 0.3) is 0 Å². The van der Waals surface area contributed by atoms with Crippen LogP contribution < -0.4 is 10.6 Å². The summed E-state index contributed by atoms with van der Waals surface area (Å²) in [5.41, 5.74) is 4.45. The summed E-state index contributed by atoms with van der Waals surface area (Å²) in [6.45, 7) is 4.00. The molecule has 0 radical (unpaired) electrons. The van der Waals surface area contributed by atoms with Crippen LogP contribution in [0.4, 0.5) is 0 Å². The van der Waals surface area contributed by atoms with Crippen LogP contribution >= 0.6 is 0 Å². The van der Waals surface area contributed by atoms with Crippen LogP contribution in [0.15, 0.2) is 24.4 Å². The van der Waals surface area contributed by atoms with Gasteiger partial charge in [0.1, 0.15) is 0 Å². The summed E-state index contributed by atoms with van der Waals surface area (Å²) in [6.07, 6.45) is 8.70. The molecule has 2 aliphatic rings. The molecule has 26 heavy (non-hydrogen) atoms. The fourth-order valence-electron chi connectivity index (χ4n) is 4.01. The SMILES string of the molecule is CC(NC(=O)c1cn(C2CCNCC2)nn1)c1ccc2c(c1)CCCC2. The minimum absolute atomic E-state index is 0.0428. The molecule has 1 aromatic carbocycles. The van der Waals surface area contributed by atoms with E-state index in [0.29, 0.717) is 11.7 Å². The highest BCUT2D eigenvalue weighted by atomic mass is 16.2. The van der Waals surface area contributed by atoms with Crippen molar-refractivity contribution in [2.45, 2.75) is 57.5 Å². The van der Waals surface area contributed by atoms with Crippen LogP contribution in [0.3, 0.4) is 0 Å². The van der Waals surface area contributed by atoms with Gasteiger partial charge in [-0.15, -0.1) is 5.10 Å². The zero-order valence-electron chi connectivity index (χ0n) is 15.4. The maximum atomic E-state index is 12.6. The summed E-state index contributed by atoms with van der Waals surface area (Å²) < 4.78 is 1.85. The van der Waals surface area contributed by atoms with E-state index >= 15 is 0 Å². The molecule has 2 N–H and O–H groups in total. The Balaban J connectivity index is 1.42. The number of aryl methyl sites for hydroxylation is 2. The van der Waals surface area contributed by atoms with E-state index < -0.39 is 0 Å². The molecule has 1 unspecified atom stereocenters. The first kappa shape index (κ1) is 17.2. The van der Waals surface area contributed by atoms with E-state index in [1.807, 2.05) is 11.6 Å². The highest BCUT2D eigenvalue weighted by molar-refractivity contribution is 5.92. The molecule has 2 aromatic rings. The van der Waals surface area contributed by atoms with Crippen molar-refractivity contribution in [3.05, 3.63) is 46.8 Å². The molecule has 1 aliphatic heterocycles. The van der Waals surface area contributed by atoms with Crippen LogP contribution in [0.1, 0.15) is 71.9 Å². The lowest BCUT2D eigenvalue weighted by molar-refractivity contribution is 0.0934. The van der Waals surface area contributed by atoms with Crippen molar-refractivity contribution in [3.63, 3.8) is 0 Å². The topological polar surface area (TPSA) is 71.8 Å². The van der Waals surface area contributed by atoms with E-state index in [4.69, 9.17) is 0 Å². The highest BCUT2D eigenvalue weighted by Gasteiger charge is 2.20. The van der Waals surface area contributed by atoms with Crippen LogP contribution in [0, 0.1) is 0 Å². The predicted molar refractivity (Wildman–Crippen MR) is 100 cm³/mol. The molecule has 1 aliphatic carbocycles. The first-order valence-electron chi connectivity index (χ1n) is 9.76. The molecule has 0 saturated carbocycles. The normalized spacial score (nSPS) is 19.0. The molecule has 0 spiro atoms. The Morgan fingerprint density at radius 1 is 1.23 bits per heavy atom. The molecule has 6 nitrogen and oxygen atoms in total. The number of benzene rings is 1. The van der Waals surface area contributed by atoms with Crippen molar-refractivity contribution in [2.24, 2.45) is 0 Å². The fraction of sp³-hybridized carbons (Fsp3) is 0.550. The molecule has 6 heteroatoms. The maximum absolute atomic E-state index is 12.6.